The number of hydrogen-bond acceptors (Lipinski definition) is 3. The summed E-state index contributed by atoms with van der Waals surface area (Å²) >= 11 is 0. The highest BCUT2D eigenvalue weighted by molar-refractivity contribution is 5.92. The molecule has 1 aliphatic carbocycles. The first kappa shape index (κ1) is 17.9. The molecular weight excluding hydrogens is 334 g/mol. The predicted molar refractivity (Wildman–Crippen MR) is 111 cm³/mol. The number of para-hydroxylation sites is 1. The van der Waals surface area contributed by atoms with Gasteiger partial charge in [-0.1, -0.05) is 37.5 Å². The molecule has 1 saturated heterocycles. The number of piperazine rings is 1. The smallest absolute Gasteiger partial charge is 0.227 e. The van der Waals surface area contributed by atoms with Crippen molar-refractivity contribution >= 4 is 23.0 Å². The highest BCUT2D eigenvalue weighted by Gasteiger charge is 2.21. The first-order valence-electron chi connectivity index (χ1n) is 10.2. The van der Waals surface area contributed by atoms with Gasteiger partial charge in [0.2, 0.25) is 5.91 Å². The second-order valence-corrected chi connectivity index (χ2v) is 7.59. The van der Waals surface area contributed by atoms with E-state index < -0.39 is 0 Å². The molecule has 27 heavy (non-hydrogen) atoms. The Bertz CT molecular complexity index is 730. The van der Waals surface area contributed by atoms with Gasteiger partial charge in [0.15, 0.2) is 0 Å². The van der Waals surface area contributed by atoms with Crippen LogP contribution in [0, 0.1) is 12.0 Å². The molecule has 1 amide bonds. The molecular formula is C23H28N3O. The number of amides is 1. The Morgan fingerprint density at radius 3 is 2.26 bits per heavy atom. The minimum atomic E-state index is 0.190. The van der Waals surface area contributed by atoms with E-state index in [9.17, 15) is 4.79 Å². The summed E-state index contributed by atoms with van der Waals surface area (Å²) in [7, 11) is 0. The second kappa shape index (κ2) is 8.47. The molecule has 4 heteroatoms. The summed E-state index contributed by atoms with van der Waals surface area (Å²) < 4.78 is 0. The van der Waals surface area contributed by atoms with E-state index in [-0.39, 0.29) is 11.8 Å². The van der Waals surface area contributed by atoms with E-state index >= 15 is 0 Å². The number of carbonyl (C=O) groups is 1. The van der Waals surface area contributed by atoms with E-state index in [0.29, 0.717) is 0 Å². The van der Waals surface area contributed by atoms with Crippen LogP contribution >= 0.6 is 0 Å². The lowest BCUT2D eigenvalue weighted by molar-refractivity contribution is -0.120. The van der Waals surface area contributed by atoms with Gasteiger partial charge in [0.1, 0.15) is 0 Å². The number of benzene rings is 2. The Morgan fingerprint density at radius 1 is 0.889 bits per heavy atom. The van der Waals surface area contributed by atoms with E-state index in [1.165, 1.54) is 30.6 Å². The molecule has 2 aromatic carbocycles. The molecule has 1 saturated carbocycles. The van der Waals surface area contributed by atoms with Crippen LogP contribution in [0.15, 0.2) is 48.5 Å². The standard InChI is InChI=1S/C23H28N3O/c27-23(19-7-3-1-4-8-19)24-20-11-13-22(14-12-20)26-17-15-25(16-18-26)21-9-5-2-6-10-21/h2,5-6,9,11-14,19H,1,3-4,7-8,15-18H2,(H,24,27). The molecule has 4 rings (SSSR count). The molecule has 1 aliphatic heterocycles. The molecule has 2 fully saturated rings. The van der Waals surface area contributed by atoms with Gasteiger partial charge in [0.05, 0.1) is 0 Å². The maximum atomic E-state index is 12.4. The summed E-state index contributed by atoms with van der Waals surface area (Å²) in [6.07, 6.45) is 5.71. The van der Waals surface area contributed by atoms with E-state index in [2.05, 4.69) is 45.4 Å². The number of carbonyl (C=O) groups excluding carboxylic acids is 1. The van der Waals surface area contributed by atoms with Crippen molar-refractivity contribution in [1.29, 1.82) is 0 Å². The first-order valence-corrected chi connectivity index (χ1v) is 10.2. The fraction of sp³-hybridized carbons (Fsp3) is 0.435. The van der Waals surface area contributed by atoms with Crippen molar-refractivity contribution in [2.45, 2.75) is 32.1 Å². The molecule has 2 aliphatic rings. The van der Waals surface area contributed by atoms with Crippen LogP contribution in [0.2, 0.25) is 0 Å². The SMILES string of the molecule is O=C(Nc1ccc(N2CCN(c3[c]cccc3)CC2)cc1)C1CCCCC1. The highest BCUT2D eigenvalue weighted by atomic mass is 16.1. The van der Waals surface area contributed by atoms with Gasteiger partial charge < -0.3 is 15.1 Å². The molecule has 1 radical (unpaired) electrons. The van der Waals surface area contributed by atoms with Crippen molar-refractivity contribution in [3.63, 3.8) is 0 Å². The third-order valence-electron chi connectivity index (χ3n) is 5.79. The Morgan fingerprint density at radius 2 is 1.59 bits per heavy atom. The largest absolute Gasteiger partial charge is 0.368 e. The van der Waals surface area contributed by atoms with Gasteiger partial charge in [-0.05, 0) is 43.2 Å². The summed E-state index contributed by atoms with van der Waals surface area (Å²) in [5.74, 6) is 0.386. The molecule has 2 aromatic rings. The average molecular weight is 362 g/mol. The zero-order valence-electron chi connectivity index (χ0n) is 15.9. The lowest BCUT2D eigenvalue weighted by Gasteiger charge is -2.37. The van der Waals surface area contributed by atoms with Crippen LogP contribution in [-0.2, 0) is 4.79 Å². The minimum absolute atomic E-state index is 0.190. The second-order valence-electron chi connectivity index (χ2n) is 7.59. The van der Waals surface area contributed by atoms with Crippen molar-refractivity contribution in [3.05, 3.63) is 54.6 Å². The van der Waals surface area contributed by atoms with E-state index in [0.717, 1.165) is 44.7 Å². The summed E-state index contributed by atoms with van der Waals surface area (Å²) in [6, 6.07) is 19.8. The Hall–Kier alpha value is -2.49. The molecule has 0 bridgehead atoms. The van der Waals surface area contributed by atoms with E-state index in [1.807, 2.05) is 24.3 Å². The number of nitrogens with one attached hydrogen (secondary N) is 1. The molecule has 0 spiro atoms. The normalized spacial score (nSPS) is 18.4. The van der Waals surface area contributed by atoms with Gasteiger partial charge in [0.25, 0.3) is 0 Å². The van der Waals surface area contributed by atoms with Crippen molar-refractivity contribution < 1.29 is 4.79 Å². The Balaban J connectivity index is 1.31. The highest BCUT2D eigenvalue weighted by Crippen LogP contribution is 2.26. The molecule has 141 valence electrons. The third-order valence-corrected chi connectivity index (χ3v) is 5.79. The number of anilines is 3. The van der Waals surface area contributed by atoms with Gasteiger partial charge in [-0.3, -0.25) is 4.79 Å². The fourth-order valence-electron chi connectivity index (χ4n) is 4.15. The van der Waals surface area contributed by atoms with Crippen LogP contribution < -0.4 is 15.1 Å². The fourth-order valence-corrected chi connectivity index (χ4v) is 4.15. The molecule has 0 unspecified atom stereocenters. The lowest BCUT2D eigenvalue weighted by Crippen LogP contribution is -2.46. The quantitative estimate of drug-likeness (QED) is 0.879. The van der Waals surface area contributed by atoms with Gasteiger partial charge in [-0.15, -0.1) is 0 Å². The van der Waals surface area contributed by atoms with Crippen molar-refractivity contribution in [3.8, 4) is 0 Å². The Kier molecular flexibility index (Phi) is 5.61. The lowest BCUT2D eigenvalue weighted by atomic mass is 9.88. The summed E-state index contributed by atoms with van der Waals surface area (Å²) in [5, 5.41) is 3.10. The maximum absolute atomic E-state index is 12.4. The monoisotopic (exact) mass is 362 g/mol. The van der Waals surface area contributed by atoms with Crippen LogP contribution in [0.4, 0.5) is 17.1 Å². The first-order chi connectivity index (χ1) is 13.3. The number of hydrogen-bond donors (Lipinski definition) is 1. The van der Waals surface area contributed by atoms with Gasteiger partial charge in [-0.2, -0.15) is 0 Å². The molecule has 4 nitrogen and oxygen atoms in total. The minimum Gasteiger partial charge on any atom is -0.368 e. The molecule has 0 aromatic heterocycles. The molecule has 1 heterocycles. The molecule has 0 atom stereocenters. The van der Waals surface area contributed by atoms with Crippen molar-refractivity contribution in [1.82, 2.24) is 0 Å². The molecule has 1 N–H and O–H groups in total. The maximum Gasteiger partial charge on any atom is 0.227 e. The topological polar surface area (TPSA) is 35.6 Å². The number of nitrogens with zero attached hydrogens (tertiary/aromatic N) is 2. The number of rotatable bonds is 4. The Labute approximate surface area is 162 Å². The van der Waals surface area contributed by atoms with Crippen LogP contribution in [-0.4, -0.2) is 32.1 Å². The van der Waals surface area contributed by atoms with Crippen LogP contribution in [0.3, 0.4) is 0 Å². The van der Waals surface area contributed by atoms with Gasteiger partial charge in [-0.25, -0.2) is 0 Å². The van der Waals surface area contributed by atoms with E-state index in [1.54, 1.807) is 0 Å². The van der Waals surface area contributed by atoms with Gasteiger partial charge in [0, 0.05) is 55.2 Å². The summed E-state index contributed by atoms with van der Waals surface area (Å²) in [5.41, 5.74) is 3.31. The summed E-state index contributed by atoms with van der Waals surface area (Å²) in [6.45, 7) is 3.99. The van der Waals surface area contributed by atoms with Crippen molar-refractivity contribution in [2.24, 2.45) is 5.92 Å². The van der Waals surface area contributed by atoms with E-state index in [4.69, 9.17) is 0 Å². The van der Waals surface area contributed by atoms with Gasteiger partial charge >= 0.3 is 0 Å². The van der Waals surface area contributed by atoms with Crippen LogP contribution in [0.1, 0.15) is 32.1 Å². The predicted octanol–water partition coefficient (Wildman–Crippen LogP) is 4.33. The summed E-state index contributed by atoms with van der Waals surface area (Å²) in [4.78, 5) is 17.2. The zero-order chi connectivity index (χ0) is 18.5. The zero-order valence-corrected chi connectivity index (χ0v) is 15.9. The van der Waals surface area contributed by atoms with Crippen LogP contribution in [0.5, 0.6) is 0 Å². The van der Waals surface area contributed by atoms with Crippen molar-refractivity contribution in [2.75, 3.05) is 41.3 Å². The third kappa shape index (κ3) is 4.44. The van der Waals surface area contributed by atoms with Crippen LogP contribution in [0.25, 0.3) is 0 Å². The average Bonchev–Trinajstić information content (AvgIpc) is 2.76.